The summed E-state index contributed by atoms with van der Waals surface area (Å²) >= 11 is 0. The number of carbonyl (C=O) groups is 2. The average Bonchev–Trinajstić information content (AvgIpc) is 3.37. The summed E-state index contributed by atoms with van der Waals surface area (Å²) in [7, 11) is 0. The zero-order valence-corrected chi connectivity index (χ0v) is 17.4. The monoisotopic (exact) mass is 425 g/mol. The van der Waals surface area contributed by atoms with E-state index in [1.54, 1.807) is 42.8 Å². The first kappa shape index (κ1) is 21.1. The van der Waals surface area contributed by atoms with Crippen molar-refractivity contribution in [2.75, 3.05) is 0 Å². The van der Waals surface area contributed by atoms with Crippen LogP contribution in [0.25, 0.3) is 0 Å². The van der Waals surface area contributed by atoms with Crippen LogP contribution in [0.2, 0.25) is 0 Å². The van der Waals surface area contributed by atoms with Crippen molar-refractivity contribution in [1.29, 1.82) is 0 Å². The second kappa shape index (κ2) is 10.2. The maximum atomic E-state index is 13.5. The van der Waals surface area contributed by atoms with E-state index in [1.165, 1.54) is 4.90 Å². The van der Waals surface area contributed by atoms with Crippen LogP contribution in [0, 0.1) is 0 Å². The maximum Gasteiger partial charge on any atom is 0.273 e. The number of aromatic nitrogens is 1. The van der Waals surface area contributed by atoms with Gasteiger partial charge in [0.15, 0.2) is 0 Å². The van der Waals surface area contributed by atoms with Crippen molar-refractivity contribution in [2.45, 2.75) is 19.1 Å². The molecule has 6 nitrogen and oxygen atoms in total. The van der Waals surface area contributed by atoms with Crippen LogP contribution < -0.4 is 5.32 Å². The molecule has 2 amide bonds. The van der Waals surface area contributed by atoms with E-state index in [2.05, 4.69) is 10.3 Å². The summed E-state index contributed by atoms with van der Waals surface area (Å²) in [5.74, 6) is -0.0623. The summed E-state index contributed by atoms with van der Waals surface area (Å²) in [6.45, 7) is 0.482. The van der Waals surface area contributed by atoms with Gasteiger partial charge in [-0.25, -0.2) is 0 Å². The molecule has 0 bridgehead atoms. The SMILES string of the molecule is O=C(NCc1ccccc1)[C@@H](c1ccccc1)N(Cc1ccco1)C(=O)c1ccccn1. The Bertz CT molecular complexity index is 1130. The highest BCUT2D eigenvalue weighted by molar-refractivity contribution is 5.96. The number of nitrogens with zero attached hydrogens (tertiary/aromatic N) is 2. The third kappa shape index (κ3) is 5.10. The molecular weight excluding hydrogens is 402 g/mol. The van der Waals surface area contributed by atoms with E-state index in [9.17, 15) is 9.59 Å². The lowest BCUT2D eigenvalue weighted by Crippen LogP contribution is -2.43. The molecule has 0 fully saturated rings. The number of hydrogen-bond donors (Lipinski definition) is 1. The molecule has 0 radical (unpaired) electrons. The Hall–Kier alpha value is -4.19. The van der Waals surface area contributed by atoms with E-state index in [-0.39, 0.29) is 24.1 Å². The van der Waals surface area contributed by atoms with Crippen LogP contribution in [0.5, 0.6) is 0 Å². The number of carbonyl (C=O) groups excluding carboxylic acids is 2. The first-order chi connectivity index (χ1) is 15.7. The molecule has 0 aliphatic carbocycles. The van der Waals surface area contributed by atoms with Crippen molar-refractivity contribution in [3.05, 3.63) is 126 Å². The summed E-state index contributed by atoms with van der Waals surface area (Å²) < 4.78 is 5.50. The Morgan fingerprint density at radius 3 is 2.25 bits per heavy atom. The summed E-state index contributed by atoms with van der Waals surface area (Å²) in [5.41, 5.74) is 1.94. The number of amides is 2. The van der Waals surface area contributed by atoms with Gasteiger partial charge in [-0.2, -0.15) is 0 Å². The smallest absolute Gasteiger partial charge is 0.273 e. The predicted octanol–water partition coefficient (Wildman–Crippen LogP) is 4.37. The highest BCUT2D eigenvalue weighted by atomic mass is 16.3. The third-order valence-electron chi connectivity index (χ3n) is 5.04. The molecule has 32 heavy (non-hydrogen) atoms. The second-order valence-electron chi connectivity index (χ2n) is 7.24. The van der Waals surface area contributed by atoms with E-state index in [1.807, 2.05) is 60.7 Å². The van der Waals surface area contributed by atoms with Gasteiger partial charge in [-0.3, -0.25) is 14.6 Å². The summed E-state index contributed by atoms with van der Waals surface area (Å²) in [4.78, 5) is 32.7. The van der Waals surface area contributed by atoms with E-state index in [4.69, 9.17) is 4.42 Å². The molecule has 2 aromatic carbocycles. The minimum atomic E-state index is -0.862. The Balaban J connectivity index is 1.68. The number of pyridine rings is 1. The van der Waals surface area contributed by atoms with Gasteiger partial charge in [-0.15, -0.1) is 0 Å². The Labute approximate surface area is 186 Å². The fourth-order valence-electron chi connectivity index (χ4n) is 3.48. The largest absolute Gasteiger partial charge is 0.467 e. The van der Waals surface area contributed by atoms with E-state index in [0.717, 1.165) is 5.56 Å². The highest BCUT2D eigenvalue weighted by Crippen LogP contribution is 2.25. The normalized spacial score (nSPS) is 11.5. The standard InChI is InChI=1S/C26H23N3O3/c30-25(28-18-20-10-3-1-4-11-20)24(21-12-5-2-6-13-21)29(19-22-14-9-17-32-22)26(31)23-15-7-8-16-27-23/h1-17,24H,18-19H2,(H,28,30)/t24-/m1/s1. The van der Waals surface area contributed by atoms with Crippen LogP contribution in [0.4, 0.5) is 0 Å². The minimum Gasteiger partial charge on any atom is -0.467 e. The zero-order chi connectivity index (χ0) is 22.2. The van der Waals surface area contributed by atoms with Gasteiger partial charge in [0.05, 0.1) is 12.8 Å². The number of benzene rings is 2. The maximum absolute atomic E-state index is 13.5. The molecule has 0 saturated heterocycles. The number of furan rings is 1. The molecule has 0 spiro atoms. The van der Waals surface area contributed by atoms with Crippen molar-refractivity contribution < 1.29 is 14.0 Å². The fraction of sp³-hybridized carbons (Fsp3) is 0.115. The van der Waals surface area contributed by atoms with Gasteiger partial charge in [0.25, 0.3) is 5.91 Å². The van der Waals surface area contributed by atoms with Gasteiger partial charge in [-0.05, 0) is 35.4 Å². The molecular formula is C26H23N3O3. The summed E-state index contributed by atoms with van der Waals surface area (Å²) in [5, 5.41) is 2.98. The topological polar surface area (TPSA) is 75.4 Å². The lowest BCUT2D eigenvalue weighted by molar-refractivity contribution is -0.126. The molecule has 0 aliphatic heterocycles. The molecule has 4 rings (SSSR count). The van der Waals surface area contributed by atoms with Gasteiger partial charge in [0, 0.05) is 12.7 Å². The van der Waals surface area contributed by atoms with Gasteiger partial charge < -0.3 is 14.6 Å². The van der Waals surface area contributed by atoms with Gasteiger partial charge in [-0.1, -0.05) is 66.7 Å². The van der Waals surface area contributed by atoms with E-state index < -0.39 is 6.04 Å². The minimum absolute atomic E-state index is 0.126. The van der Waals surface area contributed by atoms with Crippen LogP contribution in [0.1, 0.15) is 33.4 Å². The predicted molar refractivity (Wildman–Crippen MR) is 120 cm³/mol. The lowest BCUT2D eigenvalue weighted by atomic mass is 10.0. The molecule has 0 unspecified atom stereocenters. The Morgan fingerprint density at radius 2 is 1.59 bits per heavy atom. The molecule has 0 aliphatic rings. The fourth-order valence-corrected chi connectivity index (χ4v) is 3.48. The Morgan fingerprint density at radius 1 is 0.875 bits per heavy atom. The molecule has 6 heteroatoms. The molecule has 2 heterocycles. The van der Waals surface area contributed by atoms with E-state index >= 15 is 0 Å². The van der Waals surface area contributed by atoms with Crippen LogP contribution in [0.3, 0.4) is 0 Å². The van der Waals surface area contributed by atoms with Crippen molar-refractivity contribution in [2.24, 2.45) is 0 Å². The van der Waals surface area contributed by atoms with Crippen molar-refractivity contribution in [1.82, 2.24) is 15.2 Å². The van der Waals surface area contributed by atoms with E-state index in [0.29, 0.717) is 17.9 Å². The van der Waals surface area contributed by atoms with Crippen LogP contribution in [-0.2, 0) is 17.9 Å². The summed E-state index contributed by atoms with van der Waals surface area (Å²) in [6, 6.07) is 26.7. The average molecular weight is 425 g/mol. The Kier molecular flexibility index (Phi) is 6.72. The van der Waals surface area contributed by atoms with Crippen molar-refractivity contribution >= 4 is 11.8 Å². The first-order valence-corrected chi connectivity index (χ1v) is 10.3. The van der Waals surface area contributed by atoms with Gasteiger partial charge in [0.2, 0.25) is 5.91 Å². The molecule has 1 N–H and O–H groups in total. The van der Waals surface area contributed by atoms with Crippen LogP contribution >= 0.6 is 0 Å². The molecule has 2 aromatic heterocycles. The summed E-state index contributed by atoms with van der Waals surface area (Å²) in [6.07, 6.45) is 3.11. The quantitative estimate of drug-likeness (QED) is 0.455. The van der Waals surface area contributed by atoms with Crippen molar-refractivity contribution in [3.63, 3.8) is 0 Å². The zero-order valence-electron chi connectivity index (χ0n) is 17.4. The molecule has 4 aromatic rings. The molecule has 0 saturated carbocycles. The van der Waals surface area contributed by atoms with Gasteiger partial charge >= 0.3 is 0 Å². The third-order valence-corrected chi connectivity index (χ3v) is 5.04. The van der Waals surface area contributed by atoms with Crippen LogP contribution in [0.15, 0.2) is 108 Å². The first-order valence-electron chi connectivity index (χ1n) is 10.3. The molecule has 160 valence electrons. The lowest BCUT2D eigenvalue weighted by Gasteiger charge is -2.30. The molecule has 1 atom stereocenters. The number of hydrogen-bond acceptors (Lipinski definition) is 4. The van der Waals surface area contributed by atoms with Crippen LogP contribution in [-0.4, -0.2) is 21.7 Å². The van der Waals surface area contributed by atoms with Crippen molar-refractivity contribution in [3.8, 4) is 0 Å². The number of rotatable bonds is 8. The van der Waals surface area contributed by atoms with Gasteiger partial charge in [0.1, 0.15) is 17.5 Å². The number of nitrogens with one attached hydrogen (secondary N) is 1. The highest BCUT2D eigenvalue weighted by Gasteiger charge is 2.33. The second-order valence-corrected chi connectivity index (χ2v) is 7.24.